The van der Waals surface area contributed by atoms with Gasteiger partial charge in [-0.05, 0) is 25.1 Å². The van der Waals surface area contributed by atoms with E-state index in [2.05, 4.69) is 5.32 Å². The molecule has 0 spiro atoms. The van der Waals surface area contributed by atoms with E-state index >= 15 is 0 Å². The lowest BCUT2D eigenvalue weighted by atomic mass is 9.85. The van der Waals surface area contributed by atoms with E-state index in [1.165, 1.54) is 7.11 Å². The molecule has 1 aromatic carbocycles. The molecular formula is C13H17ClN2O3. The number of methoxy groups -OCH3 is 1. The molecule has 19 heavy (non-hydrogen) atoms. The predicted molar refractivity (Wildman–Crippen MR) is 73.5 cm³/mol. The molecule has 0 saturated carbocycles. The van der Waals surface area contributed by atoms with Gasteiger partial charge < -0.3 is 20.5 Å². The van der Waals surface area contributed by atoms with Crippen molar-refractivity contribution >= 4 is 23.2 Å². The largest absolute Gasteiger partial charge is 0.495 e. The molecule has 1 aromatic rings. The lowest BCUT2D eigenvalue weighted by molar-refractivity contribution is -0.125. The third kappa shape index (κ3) is 2.68. The van der Waals surface area contributed by atoms with Gasteiger partial charge in [0.2, 0.25) is 5.91 Å². The Hall–Kier alpha value is -1.30. The normalized spacial score (nSPS) is 26.2. The molecular weight excluding hydrogens is 268 g/mol. The number of rotatable bonds is 3. The molecule has 1 aliphatic rings. The highest BCUT2D eigenvalue weighted by Gasteiger charge is 2.44. The van der Waals surface area contributed by atoms with E-state index in [0.717, 1.165) is 0 Å². The molecule has 1 fully saturated rings. The smallest absolute Gasteiger partial charge is 0.234 e. The molecule has 1 aliphatic heterocycles. The molecule has 0 radical (unpaired) electrons. The van der Waals surface area contributed by atoms with Crippen LogP contribution in [-0.2, 0) is 9.53 Å². The van der Waals surface area contributed by atoms with Crippen molar-refractivity contribution in [2.24, 2.45) is 11.1 Å². The van der Waals surface area contributed by atoms with Crippen molar-refractivity contribution in [2.45, 2.75) is 13.0 Å². The number of halogens is 1. The number of ether oxygens (including phenoxy) is 2. The standard InChI is InChI=1S/C13H17ClN2O3/c1-13(7-19-6-11(13)15)12(17)16-8-3-4-10(18-2)9(14)5-8/h3-5,11H,6-7,15H2,1-2H3,(H,16,17). The maximum atomic E-state index is 12.3. The molecule has 2 atom stereocenters. The first-order valence-electron chi connectivity index (χ1n) is 5.95. The minimum absolute atomic E-state index is 0.168. The number of nitrogens with two attached hydrogens (primary N) is 1. The van der Waals surface area contributed by atoms with Crippen molar-refractivity contribution in [1.82, 2.24) is 0 Å². The molecule has 5 nitrogen and oxygen atoms in total. The van der Waals surface area contributed by atoms with Gasteiger partial charge in [-0.3, -0.25) is 4.79 Å². The van der Waals surface area contributed by atoms with E-state index in [0.29, 0.717) is 29.7 Å². The van der Waals surface area contributed by atoms with Gasteiger partial charge in [0.1, 0.15) is 5.75 Å². The zero-order valence-corrected chi connectivity index (χ0v) is 11.7. The Morgan fingerprint density at radius 3 is 2.89 bits per heavy atom. The maximum Gasteiger partial charge on any atom is 0.234 e. The zero-order valence-electron chi connectivity index (χ0n) is 10.9. The Bertz CT molecular complexity index is 495. The van der Waals surface area contributed by atoms with E-state index in [-0.39, 0.29) is 11.9 Å². The fourth-order valence-electron chi connectivity index (χ4n) is 1.94. The summed E-state index contributed by atoms with van der Waals surface area (Å²) in [4.78, 5) is 12.3. The summed E-state index contributed by atoms with van der Waals surface area (Å²) in [6, 6.07) is 4.77. The molecule has 0 aromatic heterocycles. The van der Waals surface area contributed by atoms with Gasteiger partial charge >= 0.3 is 0 Å². The Balaban J connectivity index is 2.13. The van der Waals surface area contributed by atoms with Crippen molar-refractivity contribution in [2.75, 3.05) is 25.6 Å². The van der Waals surface area contributed by atoms with Crippen LogP contribution in [0.4, 0.5) is 5.69 Å². The average molecular weight is 285 g/mol. The zero-order chi connectivity index (χ0) is 14.0. The number of nitrogens with one attached hydrogen (secondary N) is 1. The van der Waals surface area contributed by atoms with Crippen LogP contribution in [0.15, 0.2) is 18.2 Å². The Morgan fingerprint density at radius 2 is 2.37 bits per heavy atom. The number of amides is 1. The molecule has 0 aliphatic carbocycles. The van der Waals surface area contributed by atoms with Gasteiger partial charge in [0.25, 0.3) is 0 Å². The molecule has 2 unspecified atom stereocenters. The molecule has 2 rings (SSSR count). The summed E-state index contributed by atoms with van der Waals surface area (Å²) in [5.41, 5.74) is 5.80. The van der Waals surface area contributed by atoms with E-state index in [1.54, 1.807) is 25.1 Å². The first-order chi connectivity index (χ1) is 8.97. The molecule has 1 saturated heterocycles. The summed E-state index contributed by atoms with van der Waals surface area (Å²) in [6.07, 6.45) is 0. The summed E-state index contributed by atoms with van der Waals surface area (Å²) in [7, 11) is 1.54. The van der Waals surface area contributed by atoms with Crippen LogP contribution in [0, 0.1) is 5.41 Å². The maximum absolute atomic E-state index is 12.3. The summed E-state index contributed by atoms with van der Waals surface area (Å²) in [5.74, 6) is 0.394. The van der Waals surface area contributed by atoms with Crippen molar-refractivity contribution in [3.8, 4) is 5.75 Å². The number of carbonyl (C=O) groups excluding carboxylic acids is 1. The van der Waals surface area contributed by atoms with Crippen LogP contribution in [0.1, 0.15) is 6.92 Å². The van der Waals surface area contributed by atoms with Gasteiger partial charge in [-0.25, -0.2) is 0 Å². The van der Waals surface area contributed by atoms with Gasteiger partial charge in [-0.2, -0.15) is 0 Å². The minimum Gasteiger partial charge on any atom is -0.495 e. The van der Waals surface area contributed by atoms with E-state index in [4.69, 9.17) is 26.8 Å². The molecule has 6 heteroatoms. The molecule has 0 bridgehead atoms. The minimum atomic E-state index is -0.716. The summed E-state index contributed by atoms with van der Waals surface area (Å²) >= 11 is 6.01. The molecule has 1 amide bonds. The second-order valence-corrected chi connectivity index (χ2v) is 5.25. The number of hydrogen-bond acceptors (Lipinski definition) is 4. The van der Waals surface area contributed by atoms with Gasteiger partial charge in [-0.15, -0.1) is 0 Å². The van der Waals surface area contributed by atoms with Crippen molar-refractivity contribution in [3.63, 3.8) is 0 Å². The first kappa shape index (κ1) is 14.1. The van der Waals surface area contributed by atoms with Gasteiger partial charge in [-0.1, -0.05) is 11.6 Å². The summed E-state index contributed by atoms with van der Waals surface area (Å²) in [5, 5.41) is 3.25. The van der Waals surface area contributed by atoms with Crippen LogP contribution < -0.4 is 15.8 Å². The highest BCUT2D eigenvalue weighted by Crippen LogP contribution is 2.31. The van der Waals surface area contributed by atoms with Crippen molar-refractivity contribution in [3.05, 3.63) is 23.2 Å². The molecule has 3 N–H and O–H groups in total. The summed E-state index contributed by atoms with van der Waals surface area (Å²) < 4.78 is 10.3. The van der Waals surface area contributed by atoms with Gasteiger partial charge in [0.15, 0.2) is 0 Å². The topological polar surface area (TPSA) is 73.6 Å². The van der Waals surface area contributed by atoms with Crippen LogP contribution in [0.3, 0.4) is 0 Å². The Kier molecular flexibility index (Phi) is 3.99. The van der Waals surface area contributed by atoms with Crippen LogP contribution >= 0.6 is 11.6 Å². The van der Waals surface area contributed by atoms with Gasteiger partial charge in [0, 0.05) is 11.7 Å². The lowest BCUT2D eigenvalue weighted by Gasteiger charge is -2.25. The molecule has 1 heterocycles. The molecule has 104 valence electrons. The third-order valence-corrected chi connectivity index (χ3v) is 3.74. The SMILES string of the molecule is COc1ccc(NC(=O)C2(C)COCC2N)cc1Cl. The highest BCUT2D eigenvalue weighted by atomic mass is 35.5. The van der Waals surface area contributed by atoms with E-state index < -0.39 is 5.41 Å². The Labute approximate surface area is 117 Å². The average Bonchev–Trinajstić information content (AvgIpc) is 2.71. The van der Waals surface area contributed by atoms with Gasteiger partial charge in [0.05, 0.1) is 30.8 Å². The van der Waals surface area contributed by atoms with Crippen LogP contribution in [0.25, 0.3) is 0 Å². The number of carbonyl (C=O) groups is 1. The number of hydrogen-bond donors (Lipinski definition) is 2. The fraction of sp³-hybridized carbons (Fsp3) is 0.462. The van der Waals surface area contributed by atoms with E-state index in [1.807, 2.05) is 0 Å². The predicted octanol–water partition coefficient (Wildman–Crippen LogP) is 1.65. The monoisotopic (exact) mass is 284 g/mol. The Morgan fingerprint density at radius 1 is 1.63 bits per heavy atom. The number of anilines is 1. The highest BCUT2D eigenvalue weighted by molar-refractivity contribution is 6.32. The van der Waals surface area contributed by atoms with Crippen LogP contribution in [0.2, 0.25) is 5.02 Å². The first-order valence-corrected chi connectivity index (χ1v) is 6.33. The second-order valence-electron chi connectivity index (χ2n) is 4.84. The van der Waals surface area contributed by atoms with Crippen molar-refractivity contribution in [1.29, 1.82) is 0 Å². The second kappa shape index (κ2) is 5.36. The van der Waals surface area contributed by atoms with Crippen LogP contribution in [-0.4, -0.2) is 32.3 Å². The van der Waals surface area contributed by atoms with Crippen molar-refractivity contribution < 1.29 is 14.3 Å². The third-order valence-electron chi connectivity index (χ3n) is 3.45. The fourth-order valence-corrected chi connectivity index (χ4v) is 2.20. The lowest BCUT2D eigenvalue weighted by Crippen LogP contribution is -2.47. The number of benzene rings is 1. The quantitative estimate of drug-likeness (QED) is 0.885. The van der Waals surface area contributed by atoms with Crippen LogP contribution in [0.5, 0.6) is 5.75 Å². The summed E-state index contributed by atoms with van der Waals surface area (Å²) in [6.45, 7) is 2.52. The van der Waals surface area contributed by atoms with E-state index in [9.17, 15) is 4.79 Å².